The molecule has 1 heterocycles. The van der Waals surface area contributed by atoms with Crippen LogP contribution in [0.1, 0.15) is 65.1 Å². The highest BCUT2D eigenvalue weighted by molar-refractivity contribution is 6.04. The van der Waals surface area contributed by atoms with E-state index in [2.05, 4.69) is 15.6 Å². The van der Waals surface area contributed by atoms with E-state index in [-0.39, 0.29) is 29.2 Å². The standard InChI is InChI=1S/C21H25N3O2/c1-15-9-6-7-12-17(15)24-21(26)19-14-8-13-18(23-19)20(25)22-16-10-4-2-3-5-11-16/h6-9,12-14,16H,2-5,10-11H2,1H3,(H,22,25)(H,24,26). The number of nitrogens with one attached hydrogen (secondary N) is 2. The first-order valence-electron chi connectivity index (χ1n) is 9.28. The van der Waals surface area contributed by atoms with Crippen LogP contribution in [0, 0.1) is 6.92 Å². The summed E-state index contributed by atoms with van der Waals surface area (Å²) >= 11 is 0. The lowest BCUT2D eigenvalue weighted by Gasteiger charge is -2.16. The summed E-state index contributed by atoms with van der Waals surface area (Å²) in [4.78, 5) is 29.2. The van der Waals surface area contributed by atoms with Gasteiger partial charge in [0.05, 0.1) is 0 Å². The summed E-state index contributed by atoms with van der Waals surface area (Å²) in [6, 6.07) is 12.7. The summed E-state index contributed by atoms with van der Waals surface area (Å²) in [7, 11) is 0. The third-order valence-electron chi connectivity index (χ3n) is 4.80. The van der Waals surface area contributed by atoms with Gasteiger partial charge in [0.2, 0.25) is 0 Å². The summed E-state index contributed by atoms with van der Waals surface area (Å²) in [5, 5.41) is 5.92. The second kappa shape index (κ2) is 8.61. The lowest BCUT2D eigenvalue weighted by Crippen LogP contribution is -2.35. The quantitative estimate of drug-likeness (QED) is 0.815. The van der Waals surface area contributed by atoms with Crippen LogP contribution in [0.3, 0.4) is 0 Å². The molecule has 5 heteroatoms. The van der Waals surface area contributed by atoms with Crippen LogP contribution in [-0.4, -0.2) is 22.8 Å². The molecule has 3 rings (SSSR count). The van der Waals surface area contributed by atoms with Gasteiger partial charge in [0, 0.05) is 11.7 Å². The first-order chi connectivity index (χ1) is 12.6. The molecule has 1 saturated carbocycles. The average Bonchev–Trinajstić information content (AvgIpc) is 2.92. The Morgan fingerprint density at radius 1 is 0.885 bits per heavy atom. The molecule has 5 nitrogen and oxygen atoms in total. The third kappa shape index (κ3) is 4.69. The van der Waals surface area contributed by atoms with Crippen molar-refractivity contribution in [1.82, 2.24) is 10.3 Å². The number of aromatic nitrogens is 1. The Morgan fingerprint density at radius 3 is 2.23 bits per heavy atom. The normalized spacial score (nSPS) is 15.1. The van der Waals surface area contributed by atoms with E-state index in [1.807, 2.05) is 31.2 Å². The van der Waals surface area contributed by atoms with Gasteiger partial charge in [-0.3, -0.25) is 9.59 Å². The smallest absolute Gasteiger partial charge is 0.274 e. The van der Waals surface area contributed by atoms with E-state index >= 15 is 0 Å². The number of hydrogen-bond donors (Lipinski definition) is 2. The van der Waals surface area contributed by atoms with Gasteiger partial charge < -0.3 is 10.6 Å². The number of aryl methyl sites for hydroxylation is 1. The van der Waals surface area contributed by atoms with Gasteiger partial charge in [0.25, 0.3) is 11.8 Å². The number of carbonyl (C=O) groups excluding carboxylic acids is 2. The molecule has 0 aliphatic heterocycles. The van der Waals surface area contributed by atoms with Crippen molar-refractivity contribution in [1.29, 1.82) is 0 Å². The molecule has 1 aromatic heterocycles. The maximum atomic E-state index is 12.5. The molecule has 1 aliphatic rings. The molecule has 1 aromatic carbocycles. The van der Waals surface area contributed by atoms with Crippen LogP contribution < -0.4 is 10.6 Å². The molecule has 0 bridgehead atoms. The van der Waals surface area contributed by atoms with Crippen LogP contribution in [0.15, 0.2) is 42.5 Å². The molecule has 1 aliphatic carbocycles. The minimum absolute atomic E-state index is 0.205. The molecular formula is C21H25N3O2. The highest BCUT2D eigenvalue weighted by Gasteiger charge is 2.18. The monoisotopic (exact) mass is 351 g/mol. The van der Waals surface area contributed by atoms with Crippen LogP contribution in [0.25, 0.3) is 0 Å². The third-order valence-corrected chi connectivity index (χ3v) is 4.80. The Balaban J connectivity index is 1.68. The minimum Gasteiger partial charge on any atom is -0.348 e. The Labute approximate surface area is 154 Å². The summed E-state index contributed by atoms with van der Waals surface area (Å²) < 4.78 is 0. The van der Waals surface area contributed by atoms with Crippen LogP contribution in [0.2, 0.25) is 0 Å². The lowest BCUT2D eigenvalue weighted by molar-refractivity contribution is 0.0928. The van der Waals surface area contributed by atoms with Gasteiger partial charge in [-0.05, 0) is 43.5 Å². The molecule has 2 N–H and O–H groups in total. The van der Waals surface area contributed by atoms with Crippen molar-refractivity contribution >= 4 is 17.5 Å². The summed E-state index contributed by atoms with van der Waals surface area (Å²) in [5.41, 5.74) is 2.24. The van der Waals surface area contributed by atoms with E-state index < -0.39 is 0 Å². The van der Waals surface area contributed by atoms with Crippen molar-refractivity contribution in [3.63, 3.8) is 0 Å². The summed E-state index contributed by atoms with van der Waals surface area (Å²) in [6.07, 6.45) is 6.80. The van der Waals surface area contributed by atoms with E-state index in [0.29, 0.717) is 0 Å². The van der Waals surface area contributed by atoms with Crippen molar-refractivity contribution in [2.24, 2.45) is 0 Å². The second-order valence-corrected chi connectivity index (χ2v) is 6.84. The van der Waals surface area contributed by atoms with Crippen molar-refractivity contribution < 1.29 is 9.59 Å². The first-order valence-corrected chi connectivity index (χ1v) is 9.28. The number of carbonyl (C=O) groups is 2. The van der Waals surface area contributed by atoms with E-state index in [9.17, 15) is 9.59 Å². The molecule has 0 spiro atoms. The van der Waals surface area contributed by atoms with Gasteiger partial charge in [-0.15, -0.1) is 0 Å². The number of amides is 2. The fourth-order valence-corrected chi connectivity index (χ4v) is 3.27. The zero-order valence-corrected chi connectivity index (χ0v) is 15.1. The molecular weight excluding hydrogens is 326 g/mol. The predicted molar refractivity (Wildman–Crippen MR) is 102 cm³/mol. The Morgan fingerprint density at radius 2 is 1.54 bits per heavy atom. The molecule has 0 saturated heterocycles. The van der Waals surface area contributed by atoms with Crippen LogP contribution in [-0.2, 0) is 0 Å². The topological polar surface area (TPSA) is 71.1 Å². The van der Waals surface area contributed by atoms with Crippen LogP contribution >= 0.6 is 0 Å². The number of anilines is 1. The molecule has 136 valence electrons. The van der Waals surface area contributed by atoms with Crippen molar-refractivity contribution in [2.45, 2.75) is 51.5 Å². The summed E-state index contributed by atoms with van der Waals surface area (Å²) in [5.74, 6) is -0.522. The fraction of sp³-hybridized carbons (Fsp3) is 0.381. The van der Waals surface area contributed by atoms with Crippen LogP contribution in [0.5, 0.6) is 0 Å². The Kier molecular flexibility index (Phi) is 6.00. The molecule has 2 amide bonds. The maximum Gasteiger partial charge on any atom is 0.274 e. The predicted octanol–water partition coefficient (Wildman–Crippen LogP) is 4.09. The maximum absolute atomic E-state index is 12.5. The number of pyridine rings is 1. The Bertz CT molecular complexity index is 780. The van der Waals surface area contributed by atoms with Gasteiger partial charge in [-0.1, -0.05) is 49.9 Å². The van der Waals surface area contributed by atoms with Gasteiger partial charge in [-0.2, -0.15) is 0 Å². The van der Waals surface area contributed by atoms with Crippen molar-refractivity contribution in [3.8, 4) is 0 Å². The largest absolute Gasteiger partial charge is 0.348 e. The summed E-state index contributed by atoms with van der Waals surface area (Å²) in [6.45, 7) is 1.93. The highest BCUT2D eigenvalue weighted by Crippen LogP contribution is 2.18. The van der Waals surface area contributed by atoms with E-state index in [1.54, 1.807) is 18.2 Å². The number of rotatable bonds is 4. The van der Waals surface area contributed by atoms with Gasteiger partial charge in [0.15, 0.2) is 0 Å². The van der Waals surface area contributed by atoms with E-state index in [4.69, 9.17) is 0 Å². The number of nitrogens with zero attached hydrogens (tertiary/aromatic N) is 1. The Hall–Kier alpha value is -2.69. The second-order valence-electron chi connectivity index (χ2n) is 6.84. The molecule has 2 aromatic rings. The zero-order valence-electron chi connectivity index (χ0n) is 15.1. The van der Waals surface area contributed by atoms with Gasteiger partial charge >= 0.3 is 0 Å². The minimum atomic E-state index is -0.316. The van der Waals surface area contributed by atoms with Crippen molar-refractivity contribution in [2.75, 3.05) is 5.32 Å². The first kappa shape index (κ1) is 18.1. The fourth-order valence-electron chi connectivity index (χ4n) is 3.27. The zero-order chi connectivity index (χ0) is 18.4. The van der Waals surface area contributed by atoms with Gasteiger partial charge in [0.1, 0.15) is 11.4 Å². The van der Waals surface area contributed by atoms with Crippen molar-refractivity contribution in [3.05, 3.63) is 59.4 Å². The average molecular weight is 351 g/mol. The molecule has 0 unspecified atom stereocenters. The molecule has 0 radical (unpaired) electrons. The molecule has 0 atom stereocenters. The highest BCUT2D eigenvalue weighted by atomic mass is 16.2. The SMILES string of the molecule is Cc1ccccc1NC(=O)c1cccc(C(=O)NC2CCCCCC2)n1. The van der Waals surface area contributed by atoms with Crippen LogP contribution in [0.4, 0.5) is 5.69 Å². The molecule has 26 heavy (non-hydrogen) atoms. The molecule has 1 fully saturated rings. The number of hydrogen-bond acceptors (Lipinski definition) is 3. The van der Waals surface area contributed by atoms with Gasteiger partial charge in [-0.25, -0.2) is 4.98 Å². The van der Waals surface area contributed by atoms with E-state index in [1.165, 1.54) is 12.8 Å². The lowest BCUT2D eigenvalue weighted by atomic mass is 10.1. The van der Waals surface area contributed by atoms with E-state index in [0.717, 1.165) is 36.9 Å². The number of para-hydroxylation sites is 1. The number of benzene rings is 1.